The normalized spacial score (nSPS) is 14.4. The quantitative estimate of drug-likeness (QED) is 0.749. The number of pyridine rings is 1. The van der Waals surface area contributed by atoms with Gasteiger partial charge in [0.05, 0.1) is 0 Å². The van der Waals surface area contributed by atoms with Crippen LogP contribution < -0.4 is 10.2 Å². The first-order valence-electron chi connectivity index (χ1n) is 8.96. The number of amides is 2. The van der Waals surface area contributed by atoms with Gasteiger partial charge in [0.2, 0.25) is 5.91 Å². The van der Waals surface area contributed by atoms with Gasteiger partial charge in [0.15, 0.2) is 0 Å². The van der Waals surface area contributed by atoms with Crippen LogP contribution in [0.3, 0.4) is 0 Å². The van der Waals surface area contributed by atoms with Crippen LogP contribution in [0.1, 0.15) is 17.4 Å². The van der Waals surface area contributed by atoms with E-state index in [4.69, 9.17) is 0 Å². The van der Waals surface area contributed by atoms with Gasteiger partial charge in [-0.1, -0.05) is 0 Å². The third-order valence-corrected chi connectivity index (χ3v) is 4.91. The van der Waals surface area contributed by atoms with Crippen molar-refractivity contribution in [3.63, 3.8) is 0 Å². The van der Waals surface area contributed by atoms with Gasteiger partial charge in [-0.15, -0.1) is 0 Å². The topological polar surface area (TPSA) is 81.3 Å². The molecule has 0 aliphatic carbocycles. The van der Waals surface area contributed by atoms with Crippen molar-refractivity contribution in [2.75, 3.05) is 36.4 Å². The highest BCUT2D eigenvalue weighted by atomic mass is 16.2. The first-order valence-corrected chi connectivity index (χ1v) is 8.96. The Kier molecular flexibility index (Phi) is 4.50. The summed E-state index contributed by atoms with van der Waals surface area (Å²) in [7, 11) is 0. The summed E-state index contributed by atoms with van der Waals surface area (Å²) in [6, 6.07) is 11.4. The molecule has 2 N–H and O–H groups in total. The second kappa shape index (κ2) is 7.11. The number of aromatic nitrogens is 2. The number of nitrogens with one attached hydrogen (secondary N) is 2. The third kappa shape index (κ3) is 3.48. The van der Waals surface area contributed by atoms with Crippen LogP contribution in [0.25, 0.3) is 10.9 Å². The van der Waals surface area contributed by atoms with Crippen molar-refractivity contribution in [1.29, 1.82) is 0 Å². The van der Waals surface area contributed by atoms with Gasteiger partial charge in [-0.3, -0.25) is 14.6 Å². The molecule has 27 heavy (non-hydrogen) atoms. The largest absolute Gasteiger partial charge is 0.368 e. The average Bonchev–Trinajstić information content (AvgIpc) is 3.17. The fraction of sp³-hybridized carbons (Fsp3) is 0.250. The number of carbonyl (C=O) groups is 2. The monoisotopic (exact) mass is 363 g/mol. The van der Waals surface area contributed by atoms with Crippen LogP contribution in [0.4, 0.5) is 11.4 Å². The summed E-state index contributed by atoms with van der Waals surface area (Å²) in [6.45, 7) is 4.70. The highest BCUT2D eigenvalue weighted by molar-refractivity contribution is 6.10. The Labute approximate surface area is 157 Å². The Bertz CT molecular complexity index is 971. The Morgan fingerprint density at radius 1 is 1.04 bits per heavy atom. The van der Waals surface area contributed by atoms with Crippen LogP contribution in [0, 0.1) is 0 Å². The molecule has 1 aliphatic rings. The number of aromatic amines is 1. The molecule has 0 saturated carbocycles. The lowest BCUT2D eigenvalue weighted by Gasteiger charge is -2.35. The Morgan fingerprint density at radius 3 is 2.48 bits per heavy atom. The van der Waals surface area contributed by atoms with Crippen molar-refractivity contribution in [1.82, 2.24) is 14.9 Å². The van der Waals surface area contributed by atoms with Crippen molar-refractivity contribution >= 4 is 34.1 Å². The van der Waals surface area contributed by atoms with Crippen molar-refractivity contribution in [3.05, 3.63) is 54.5 Å². The van der Waals surface area contributed by atoms with E-state index in [0.29, 0.717) is 5.69 Å². The molecule has 0 spiro atoms. The van der Waals surface area contributed by atoms with Gasteiger partial charge in [0.1, 0.15) is 5.69 Å². The highest BCUT2D eigenvalue weighted by Gasteiger charge is 2.19. The number of anilines is 2. The highest BCUT2D eigenvalue weighted by Crippen LogP contribution is 2.21. The van der Waals surface area contributed by atoms with E-state index in [1.54, 1.807) is 19.3 Å². The van der Waals surface area contributed by atoms with Gasteiger partial charge < -0.3 is 20.1 Å². The number of H-pyrrole nitrogens is 1. The minimum Gasteiger partial charge on any atom is -0.368 e. The number of fused-ring (bicyclic) bond motifs is 1. The molecule has 0 radical (unpaired) electrons. The van der Waals surface area contributed by atoms with E-state index >= 15 is 0 Å². The maximum atomic E-state index is 12.6. The van der Waals surface area contributed by atoms with Crippen LogP contribution in [0.5, 0.6) is 0 Å². The Hall–Kier alpha value is -3.35. The summed E-state index contributed by atoms with van der Waals surface area (Å²) in [5, 5.41) is 3.71. The van der Waals surface area contributed by atoms with Crippen LogP contribution >= 0.6 is 0 Å². The minimum absolute atomic E-state index is 0.124. The predicted molar refractivity (Wildman–Crippen MR) is 105 cm³/mol. The molecule has 0 atom stereocenters. The van der Waals surface area contributed by atoms with Gasteiger partial charge in [0, 0.05) is 67.8 Å². The van der Waals surface area contributed by atoms with Gasteiger partial charge in [-0.25, -0.2) is 0 Å². The molecule has 1 fully saturated rings. The number of hydrogen-bond acceptors (Lipinski definition) is 4. The lowest BCUT2D eigenvalue weighted by molar-refractivity contribution is -0.129. The first kappa shape index (κ1) is 17.1. The molecule has 7 heteroatoms. The zero-order chi connectivity index (χ0) is 18.8. The molecule has 2 aromatic heterocycles. The molecule has 138 valence electrons. The summed E-state index contributed by atoms with van der Waals surface area (Å²) in [4.78, 5) is 35.4. The summed E-state index contributed by atoms with van der Waals surface area (Å²) in [5.41, 5.74) is 3.09. The molecule has 0 bridgehead atoms. The van der Waals surface area contributed by atoms with Gasteiger partial charge in [0.25, 0.3) is 5.91 Å². The Morgan fingerprint density at radius 2 is 1.78 bits per heavy atom. The summed E-state index contributed by atoms with van der Waals surface area (Å²) in [6.07, 6.45) is 3.42. The zero-order valence-corrected chi connectivity index (χ0v) is 15.1. The summed E-state index contributed by atoms with van der Waals surface area (Å²) in [5.74, 6) is -0.109. The van der Waals surface area contributed by atoms with Crippen LogP contribution in [0.2, 0.25) is 0 Å². The smallest absolute Gasteiger partial charge is 0.274 e. The number of carbonyl (C=O) groups excluding carboxylic acids is 2. The second-order valence-electron chi connectivity index (χ2n) is 6.59. The summed E-state index contributed by atoms with van der Waals surface area (Å²) >= 11 is 0. The van der Waals surface area contributed by atoms with Crippen LogP contribution in [0.15, 0.2) is 48.8 Å². The standard InChI is InChI=1S/C20H21N5O2/c1-14(26)24-10-12-25(13-11-24)16-4-2-15(3-5-16)23-20(27)19-17-6-8-21-18(17)7-9-22-19/h2-9,21H,10-13H2,1H3,(H,23,27). The number of rotatable bonds is 3. The molecule has 7 nitrogen and oxygen atoms in total. The number of benzene rings is 1. The molecule has 3 aromatic rings. The molecule has 2 amide bonds. The number of nitrogens with zero attached hydrogens (tertiary/aromatic N) is 3. The zero-order valence-electron chi connectivity index (χ0n) is 15.1. The van der Waals surface area contributed by atoms with Crippen molar-refractivity contribution in [3.8, 4) is 0 Å². The molecule has 0 unspecified atom stereocenters. The molecule has 3 heterocycles. The minimum atomic E-state index is -0.233. The van der Waals surface area contributed by atoms with E-state index in [1.807, 2.05) is 41.3 Å². The molecular weight excluding hydrogens is 342 g/mol. The van der Waals surface area contributed by atoms with Gasteiger partial charge in [-0.05, 0) is 36.4 Å². The lowest BCUT2D eigenvalue weighted by Crippen LogP contribution is -2.48. The van der Waals surface area contributed by atoms with E-state index in [9.17, 15) is 9.59 Å². The van der Waals surface area contributed by atoms with Crippen LogP contribution in [-0.2, 0) is 4.79 Å². The molecule has 1 aromatic carbocycles. The van der Waals surface area contributed by atoms with Crippen molar-refractivity contribution in [2.24, 2.45) is 0 Å². The molecular formula is C20H21N5O2. The third-order valence-electron chi connectivity index (χ3n) is 4.91. The summed E-state index contributed by atoms with van der Waals surface area (Å²) < 4.78 is 0. The maximum Gasteiger partial charge on any atom is 0.274 e. The van der Waals surface area contributed by atoms with E-state index in [1.165, 1.54) is 0 Å². The predicted octanol–water partition coefficient (Wildman–Crippen LogP) is 2.48. The van der Waals surface area contributed by atoms with Crippen LogP contribution in [-0.4, -0.2) is 52.9 Å². The van der Waals surface area contributed by atoms with Crippen molar-refractivity contribution < 1.29 is 9.59 Å². The first-order chi connectivity index (χ1) is 13.1. The molecule has 4 rings (SSSR count). The molecule has 1 aliphatic heterocycles. The van der Waals surface area contributed by atoms with E-state index in [-0.39, 0.29) is 11.8 Å². The number of hydrogen-bond donors (Lipinski definition) is 2. The fourth-order valence-corrected chi connectivity index (χ4v) is 3.39. The lowest BCUT2D eigenvalue weighted by atomic mass is 10.2. The van der Waals surface area contributed by atoms with E-state index in [2.05, 4.69) is 20.2 Å². The fourth-order valence-electron chi connectivity index (χ4n) is 3.39. The second-order valence-corrected chi connectivity index (χ2v) is 6.59. The van der Waals surface area contributed by atoms with E-state index < -0.39 is 0 Å². The Balaban J connectivity index is 1.43. The molecule has 1 saturated heterocycles. The average molecular weight is 363 g/mol. The maximum absolute atomic E-state index is 12.6. The SMILES string of the molecule is CC(=O)N1CCN(c2ccc(NC(=O)c3nccc4[nH]ccc34)cc2)CC1. The number of piperazine rings is 1. The van der Waals surface area contributed by atoms with Crippen molar-refractivity contribution in [2.45, 2.75) is 6.92 Å². The van der Waals surface area contributed by atoms with Gasteiger partial charge >= 0.3 is 0 Å². The van der Waals surface area contributed by atoms with E-state index in [0.717, 1.165) is 48.5 Å². The van der Waals surface area contributed by atoms with Gasteiger partial charge in [-0.2, -0.15) is 0 Å².